The number of ether oxygens (including phenoxy) is 1. The summed E-state index contributed by atoms with van der Waals surface area (Å²) in [5.74, 6) is 1.16. The Morgan fingerprint density at radius 2 is 2.41 bits per heavy atom. The molecule has 0 unspecified atom stereocenters. The van der Waals surface area contributed by atoms with Gasteiger partial charge in [0.05, 0.1) is 13.1 Å². The Morgan fingerprint density at radius 1 is 1.53 bits per heavy atom. The van der Waals surface area contributed by atoms with Crippen LogP contribution in [0.4, 0.5) is 4.39 Å². The molecule has 1 aromatic carbocycles. The van der Waals surface area contributed by atoms with Crippen LogP contribution < -0.4 is 10.1 Å². The topological polar surface area (TPSA) is 36.9 Å². The van der Waals surface area contributed by atoms with Gasteiger partial charge in [-0.15, -0.1) is 0 Å². The first kappa shape index (κ1) is 11.7. The highest BCUT2D eigenvalue weighted by molar-refractivity contribution is 5.81. The largest absolute Gasteiger partial charge is 0.492 e. The van der Waals surface area contributed by atoms with Crippen LogP contribution in [0.25, 0.3) is 0 Å². The summed E-state index contributed by atoms with van der Waals surface area (Å²) >= 11 is 0. The number of benzene rings is 1. The zero-order chi connectivity index (χ0) is 12.1. The van der Waals surface area contributed by atoms with Gasteiger partial charge in [0, 0.05) is 19.7 Å². The molecule has 2 rings (SSSR count). The van der Waals surface area contributed by atoms with Gasteiger partial charge in [0.15, 0.2) is 5.96 Å². The van der Waals surface area contributed by atoms with Gasteiger partial charge in [-0.05, 0) is 12.1 Å². The van der Waals surface area contributed by atoms with Crippen LogP contribution in [-0.2, 0) is 0 Å². The summed E-state index contributed by atoms with van der Waals surface area (Å²) < 4.78 is 18.3. The highest BCUT2D eigenvalue weighted by atomic mass is 19.1. The number of aliphatic imine (C=N–C) groups is 1. The lowest BCUT2D eigenvalue weighted by molar-refractivity contribution is 0.319. The van der Waals surface area contributed by atoms with Gasteiger partial charge in [0.2, 0.25) is 0 Å². The molecule has 0 amide bonds. The van der Waals surface area contributed by atoms with Crippen LogP contribution in [0.5, 0.6) is 5.75 Å². The maximum Gasteiger partial charge on any atom is 0.193 e. The molecular formula is C12H16FN3O. The molecule has 0 fully saturated rings. The molecule has 1 aromatic rings. The van der Waals surface area contributed by atoms with Crippen molar-refractivity contribution in [1.29, 1.82) is 0 Å². The maximum atomic E-state index is 12.9. The lowest BCUT2D eigenvalue weighted by atomic mass is 10.3. The third-order valence-corrected chi connectivity index (χ3v) is 2.51. The zero-order valence-electron chi connectivity index (χ0n) is 9.82. The van der Waals surface area contributed by atoms with Gasteiger partial charge in [-0.2, -0.15) is 0 Å². The van der Waals surface area contributed by atoms with E-state index in [2.05, 4.69) is 15.2 Å². The predicted molar refractivity (Wildman–Crippen MR) is 64.8 cm³/mol. The molecule has 92 valence electrons. The Balaban J connectivity index is 1.70. The molecule has 0 radical (unpaired) electrons. The Hall–Kier alpha value is -1.78. The summed E-state index contributed by atoms with van der Waals surface area (Å²) in [5.41, 5.74) is 0. The van der Waals surface area contributed by atoms with Gasteiger partial charge in [0.25, 0.3) is 0 Å². The lowest BCUT2D eigenvalue weighted by Gasteiger charge is -2.15. The first-order chi connectivity index (χ1) is 8.25. The number of hydrogen-bond acceptors (Lipinski definition) is 4. The van der Waals surface area contributed by atoms with Crippen molar-refractivity contribution < 1.29 is 9.13 Å². The Kier molecular flexibility index (Phi) is 3.80. The minimum Gasteiger partial charge on any atom is -0.492 e. The van der Waals surface area contributed by atoms with Gasteiger partial charge in [0.1, 0.15) is 18.2 Å². The molecule has 1 aliphatic heterocycles. The summed E-state index contributed by atoms with van der Waals surface area (Å²) in [4.78, 5) is 6.35. The number of halogens is 1. The van der Waals surface area contributed by atoms with Crippen LogP contribution in [0, 0.1) is 5.82 Å². The molecule has 1 heterocycles. The Labute approximate surface area is 100 Å². The number of nitrogens with one attached hydrogen (secondary N) is 1. The first-order valence-electron chi connectivity index (χ1n) is 5.63. The average Bonchev–Trinajstić information content (AvgIpc) is 2.71. The van der Waals surface area contributed by atoms with Crippen molar-refractivity contribution >= 4 is 5.96 Å². The second-order valence-electron chi connectivity index (χ2n) is 3.86. The fraction of sp³-hybridized carbons (Fsp3) is 0.417. The fourth-order valence-corrected chi connectivity index (χ4v) is 1.61. The normalized spacial score (nSPS) is 14.7. The van der Waals surface area contributed by atoms with Crippen LogP contribution >= 0.6 is 0 Å². The van der Waals surface area contributed by atoms with E-state index in [4.69, 9.17) is 4.74 Å². The lowest BCUT2D eigenvalue weighted by Crippen LogP contribution is -2.37. The number of likely N-dealkylation sites (N-methyl/N-ethyl adjacent to an activating group) is 1. The number of nitrogens with zero attached hydrogens (tertiary/aromatic N) is 2. The first-order valence-corrected chi connectivity index (χ1v) is 5.63. The van der Waals surface area contributed by atoms with E-state index in [1.165, 1.54) is 12.1 Å². The van der Waals surface area contributed by atoms with Gasteiger partial charge >= 0.3 is 0 Å². The predicted octanol–water partition coefficient (Wildman–Crippen LogP) is 1.10. The Morgan fingerprint density at radius 3 is 3.12 bits per heavy atom. The van der Waals surface area contributed by atoms with Crippen molar-refractivity contribution in [2.75, 3.05) is 33.3 Å². The third kappa shape index (κ3) is 3.34. The van der Waals surface area contributed by atoms with Crippen molar-refractivity contribution in [2.24, 2.45) is 4.99 Å². The molecule has 0 bridgehead atoms. The molecule has 5 heteroatoms. The summed E-state index contributed by atoms with van der Waals surface area (Å²) in [6.07, 6.45) is 0. The molecule has 0 atom stereocenters. The molecule has 4 nitrogen and oxygen atoms in total. The molecule has 0 saturated carbocycles. The number of guanidine groups is 1. The van der Waals surface area contributed by atoms with Crippen molar-refractivity contribution in [2.45, 2.75) is 0 Å². The van der Waals surface area contributed by atoms with E-state index in [0.717, 1.165) is 19.0 Å². The van der Waals surface area contributed by atoms with Crippen molar-refractivity contribution in [3.05, 3.63) is 30.1 Å². The zero-order valence-corrected chi connectivity index (χ0v) is 9.82. The third-order valence-electron chi connectivity index (χ3n) is 2.51. The van der Waals surface area contributed by atoms with E-state index < -0.39 is 0 Å². The van der Waals surface area contributed by atoms with Crippen LogP contribution in [0.1, 0.15) is 0 Å². The fourth-order valence-electron chi connectivity index (χ4n) is 1.61. The quantitative estimate of drug-likeness (QED) is 0.797. The molecule has 17 heavy (non-hydrogen) atoms. The highest BCUT2D eigenvalue weighted by Crippen LogP contribution is 2.11. The number of hydrogen-bond donors (Lipinski definition) is 1. The molecular weight excluding hydrogens is 221 g/mol. The van der Waals surface area contributed by atoms with E-state index in [0.29, 0.717) is 18.9 Å². The minimum atomic E-state index is -0.282. The maximum absolute atomic E-state index is 12.9. The van der Waals surface area contributed by atoms with E-state index in [1.54, 1.807) is 12.1 Å². The molecule has 0 aromatic heterocycles. The summed E-state index contributed by atoms with van der Waals surface area (Å²) in [7, 11) is 1.99. The van der Waals surface area contributed by atoms with Crippen LogP contribution in [0.3, 0.4) is 0 Å². The SMILES string of the molecule is CN1CCN=C1NCCOc1cccc(F)c1. The second kappa shape index (κ2) is 5.52. The molecule has 0 saturated heterocycles. The summed E-state index contributed by atoms with van der Waals surface area (Å²) in [6, 6.07) is 6.14. The summed E-state index contributed by atoms with van der Waals surface area (Å²) in [6.45, 7) is 2.92. The van der Waals surface area contributed by atoms with Gasteiger partial charge in [-0.3, -0.25) is 4.99 Å². The molecule has 0 spiro atoms. The average molecular weight is 237 g/mol. The highest BCUT2D eigenvalue weighted by Gasteiger charge is 2.10. The molecule has 1 aliphatic rings. The standard InChI is InChI=1S/C12H16FN3O/c1-16-7-5-14-12(16)15-6-8-17-11-4-2-3-10(13)9-11/h2-4,9H,5-8H2,1H3,(H,14,15). The summed E-state index contributed by atoms with van der Waals surface area (Å²) in [5, 5.41) is 3.17. The van der Waals surface area contributed by atoms with E-state index in [1.807, 2.05) is 7.05 Å². The van der Waals surface area contributed by atoms with E-state index in [9.17, 15) is 4.39 Å². The van der Waals surface area contributed by atoms with Crippen molar-refractivity contribution in [3.63, 3.8) is 0 Å². The minimum absolute atomic E-state index is 0.282. The van der Waals surface area contributed by atoms with Crippen molar-refractivity contribution in [3.8, 4) is 5.75 Å². The molecule has 0 aliphatic carbocycles. The van der Waals surface area contributed by atoms with Crippen LogP contribution in [0.2, 0.25) is 0 Å². The van der Waals surface area contributed by atoms with Crippen molar-refractivity contribution in [1.82, 2.24) is 10.2 Å². The van der Waals surface area contributed by atoms with E-state index in [-0.39, 0.29) is 5.82 Å². The smallest absolute Gasteiger partial charge is 0.193 e. The van der Waals surface area contributed by atoms with Gasteiger partial charge in [-0.1, -0.05) is 6.07 Å². The van der Waals surface area contributed by atoms with Crippen LogP contribution in [-0.4, -0.2) is 44.1 Å². The van der Waals surface area contributed by atoms with Gasteiger partial charge in [-0.25, -0.2) is 4.39 Å². The van der Waals surface area contributed by atoms with Crippen LogP contribution in [0.15, 0.2) is 29.3 Å². The van der Waals surface area contributed by atoms with E-state index >= 15 is 0 Å². The molecule has 1 N–H and O–H groups in total. The number of rotatable bonds is 4. The second-order valence-corrected chi connectivity index (χ2v) is 3.86. The Bertz CT molecular complexity index is 408. The van der Waals surface area contributed by atoms with Gasteiger partial charge < -0.3 is 15.0 Å². The monoisotopic (exact) mass is 237 g/mol.